The normalized spacial score (nSPS) is 17.8. The Bertz CT molecular complexity index is 1340. The summed E-state index contributed by atoms with van der Waals surface area (Å²) in [6, 6.07) is 17.8. The van der Waals surface area contributed by atoms with Crippen molar-refractivity contribution < 1.29 is 18.2 Å². The fraction of sp³-hybridized carbons (Fsp3) is 0.333. The van der Waals surface area contributed by atoms with Crippen molar-refractivity contribution in [3.8, 4) is 0 Å². The molecular formula is C30H32FN3O3S. The zero-order valence-electron chi connectivity index (χ0n) is 21.3. The molecule has 2 amide bonds. The first-order valence-corrected chi connectivity index (χ1v) is 14.4. The number of anilines is 1. The summed E-state index contributed by atoms with van der Waals surface area (Å²) >= 11 is 0. The molecular weight excluding hydrogens is 501 g/mol. The van der Waals surface area contributed by atoms with E-state index in [9.17, 15) is 18.2 Å². The van der Waals surface area contributed by atoms with E-state index in [1.807, 2.05) is 0 Å². The molecule has 0 bridgehead atoms. The number of carbonyl (C=O) groups is 2. The van der Waals surface area contributed by atoms with Crippen molar-refractivity contribution in [2.24, 2.45) is 0 Å². The van der Waals surface area contributed by atoms with Crippen LogP contribution in [0.4, 0.5) is 10.1 Å². The standard InChI is InChI=1S/C30H32FN3O3S/c31-24-13-10-22(11-14-24)21-34-26-20-23(29(35)32-16-7-19-33-17-5-1-2-6-18-33)12-15-28(26)38(37)27-9-4-3-8-25(27)30(34)36/h3-4,8-15,20H,1-2,5-7,16-19,21H2,(H,32,35)/t38-/m0/s1. The first-order chi connectivity index (χ1) is 18.5. The van der Waals surface area contributed by atoms with Crippen LogP contribution in [-0.4, -0.2) is 47.1 Å². The second kappa shape index (κ2) is 12.0. The van der Waals surface area contributed by atoms with Crippen LogP contribution in [0.25, 0.3) is 0 Å². The molecule has 0 aromatic heterocycles. The molecule has 2 aliphatic rings. The van der Waals surface area contributed by atoms with Gasteiger partial charge >= 0.3 is 0 Å². The molecule has 8 heteroatoms. The highest BCUT2D eigenvalue weighted by molar-refractivity contribution is 7.85. The average molecular weight is 534 g/mol. The molecule has 1 atom stereocenters. The summed E-state index contributed by atoms with van der Waals surface area (Å²) in [6.07, 6.45) is 5.93. The Hall–Kier alpha value is -3.36. The lowest BCUT2D eigenvalue weighted by Gasteiger charge is -2.24. The van der Waals surface area contributed by atoms with Crippen LogP contribution in [0.1, 0.15) is 58.4 Å². The van der Waals surface area contributed by atoms with Crippen LogP contribution in [0.15, 0.2) is 76.5 Å². The van der Waals surface area contributed by atoms with E-state index in [0.717, 1.165) is 31.6 Å². The van der Waals surface area contributed by atoms with Crippen molar-refractivity contribution in [2.45, 2.75) is 48.4 Å². The van der Waals surface area contributed by atoms with Gasteiger partial charge in [-0.1, -0.05) is 37.1 Å². The Morgan fingerprint density at radius 1 is 0.921 bits per heavy atom. The molecule has 1 saturated heterocycles. The Labute approximate surface area is 225 Å². The van der Waals surface area contributed by atoms with Crippen LogP contribution in [0.2, 0.25) is 0 Å². The fourth-order valence-corrected chi connectivity index (χ4v) is 6.45. The molecule has 38 heavy (non-hydrogen) atoms. The van der Waals surface area contributed by atoms with E-state index in [0.29, 0.717) is 33.2 Å². The van der Waals surface area contributed by atoms with Gasteiger partial charge in [0.1, 0.15) is 5.82 Å². The third-order valence-electron chi connectivity index (χ3n) is 7.16. The third kappa shape index (κ3) is 5.87. The Kier molecular flexibility index (Phi) is 8.29. The number of carbonyl (C=O) groups excluding carboxylic acids is 2. The molecule has 0 radical (unpaired) electrons. The summed E-state index contributed by atoms with van der Waals surface area (Å²) in [5.41, 5.74) is 1.90. The molecule has 6 nitrogen and oxygen atoms in total. The van der Waals surface area contributed by atoms with Gasteiger partial charge in [0, 0.05) is 12.1 Å². The van der Waals surface area contributed by atoms with Crippen LogP contribution in [0.3, 0.4) is 0 Å². The number of likely N-dealkylation sites (tertiary alicyclic amines) is 1. The molecule has 0 aliphatic carbocycles. The highest BCUT2D eigenvalue weighted by Gasteiger charge is 2.31. The topological polar surface area (TPSA) is 69.7 Å². The lowest BCUT2D eigenvalue weighted by molar-refractivity contribution is 0.0948. The Morgan fingerprint density at radius 2 is 1.66 bits per heavy atom. The lowest BCUT2D eigenvalue weighted by atomic mass is 10.1. The van der Waals surface area contributed by atoms with E-state index in [-0.39, 0.29) is 24.2 Å². The molecule has 3 aromatic carbocycles. The van der Waals surface area contributed by atoms with Crippen molar-refractivity contribution in [1.82, 2.24) is 10.2 Å². The van der Waals surface area contributed by atoms with E-state index in [2.05, 4.69) is 10.2 Å². The minimum Gasteiger partial charge on any atom is -0.352 e. The summed E-state index contributed by atoms with van der Waals surface area (Å²) in [6.45, 7) is 3.91. The highest BCUT2D eigenvalue weighted by Crippen LogP contribution is 2.36. The van der Waals surface area contributed by atoms with Gasteiger partial charge in [0.25, 0.3) is 11.8 Å². The van der Waals surface area contributed by atoms with Gasteiger partial charge in [-0.3, -0.25) is 9.59 Å². The maximum Gasteiger partial charge on any atom is 0.259 e. The van der Waals surface area contributed by atoms with Gasteiger partial charge in [0.05, 0.1) is 38.4 Å². The highest BCUT2D eigenvalue weighted by atomic mass is 32.2. The summed E-state index contributed by atoms with van der Waals surface area (Å²) in [7, 11) is -1.60. The van der Waals surface area contributed by atoms with Crippen LogP contribution >= 0.6 is 0 Å². The summed E-state index contributed by atoms with van der Waals surface area (Å²) in [5.74, 6) is -0.907. The molecule has 0 spiro atoms. The minimum absolute atomic E-state index is 0.151. The number of nitrogens with one attached hydrogen (secondary N) is 1. The van der Waals surface area contributed by atoms with Crippen molar-refractivity contribution in [3.05, 3.63) is 89.2 Å². The number of benzene rings is 3. The molecule has 3 aromatic rings. The Morgan fingerprint density at radius 3 is 2.42 bits per heavy atom. The maximum absolute atomic E-state index is 13.7. The number of hydrogen-bond donors (Lipinski definition) is 1. The number of rotatable bonds is 7. The van der Waals surface area contributed by atoms with Crippen LogP contribution in [0, 0.1) is 5.82 Å². The number of nitrogens with zero attached hydrogens (tertiary/aromatic N) is 2. The first kappa shape index (κ1) is 26.3. The van der Waals surface area contributed by atoms with Crippen LogP contribution < -0.4 is 10.2 Å². The monoisotopic (exact) mass is 533 g/mol. The summed E-state index contributed by atoms with van der Waals surface area (Å²) in [5, 5.41) is 3.00. The second-order valence-electron chi connectivity index (χ2n) is 9.83. The molecule has 2 heterocycles. The number of fused-ring (bicyclic) bond motifs is 2. The van der Waals surface area contributed by atoms with E-state index in [1.165, 1.54) is 42.7 Å². The van der Waals surface area contributed by atoms with E-state index in [1.54, 1.807) is 54.6 Å². The van der Waals surface area contributed by atoms with Gasteiger partial charge in [-0.25, -0.2) is 8.60 Å². The van der Waals surface area contributed by atoms with Gasteiger partial charge in [-0.15, -0.1) is 0 Å². The van der Waals surface area contributed by atoms with Gasteiger partial charge in [0.2, 0.25) is 0 Å². The minimum atomic E-state index is -1.60. The van der Waals surface area contributed by atoms with Gasteiger partial charge < -0.3 is 15.1 Å². The third-order valence-corrected chi connectivity index (χ3v) is 8.66. The lowest BCUT2D eigenvalue weighted by Crippen LogP contribution is -2.32. The molecule has 2 aliphatic heterocycles. The van der Waals surface area contributed by atoms with Gasteiger partial charge in [-0.2, -0.15) is 0 Å². The van der Waals surface area contributed by atoms with E-state index in [4.69, 9.17) is 0 Å². The van der Waals surface area contributed by atoms with Gasteiger partial charge in [0.15, 0.2) is 0 Å². The first-order valence-electron chi connectivity index (χ1n) is 13.2. The smallest absolute Gasteiger partial charge is 0.259 e. The molecule has 5 rings (SSSR count). The van der Waals surface area contributed by atoms with Crippen LogP contribution in [0.5, 0.6) is 0 Å². The number of halogens is 1. The SMILES string of the molecule is O=C(NCCCN1CCCCCC1)c1ccc2c(c1)N(Cc1ccc(F)cc1)C(=O)c1ccccc1[S@@]2=O. The second-order valence-corrected chi connectivity index (χ2v) is 11.2. The molecule has 1 fully saturated rings. The molecule has 198 valence electrons. The van der Waals surface area contributed by atoms with Crippen molar-refractivity contribution in [1.29, 1.82) is 0 Å². The predicted molar refractivity (Wildman–Crippen MR) is 146 cm³/mol. The zero-order chi connectivity index (χ0) is 26.5. The van der Waals surface area contributed by atoms with Gasteiger partial charge in [-0.05, 0) is 86.9 Å². The van der Waals surface area contributed by atoms with Crippen molar-refractivity contribution in [3.63, 3.8) is 0 Å². The van der Waals surface area contributed by atoms with Crippen molar-refractivity contribution >= 4 is 28.3 Å². The average Bonchev–Trinajstić information content (AvgIpc) is 3.26. The largest absolute Gasteiger partial charge is 0.352 e. The quantitative estimate of drug-likeness (QED) is 0.427. The molecule has 0 saturated carbocycles. The molecule has 0 unspecified atom stereocenters. The number of amides is 2. The van der Waals surface area contributed by atoms with E-state index < -0.39 is 10.8 Å². The fourth-order valence-electron chi connectivity index (χ4n) is 5.10. The number of hydrogen-bond acceptors (Lipinski definition) is 4. The van der Waals surface area contributed by atoms with Crippen LogP contribution in [-0.2, 0) is 17.3 Å². The predicted octanol–water partition coefficient (Wildman–Crippen LogP) is 5.15. The van der Waals surface area contributed by atoms with E-state index >= 15 is 0 Å². The summed E-state index contributed by atoms with van der Waals surface area (Å²) < 4.78 is 27.1. The summed E-state index contributed by atoms with van der Waals surface area (Å²) in [4.78, 5) is 31.6. The van der Waals surface area contributed by atoms with Crippen molar-refractivity contribution in [2.75, 3.05) is 31.1 Å². The zero-order valence-corrected chi connectivity index (χ0v) is 22.1. The molecule has 1 N–H and O–H groups in total. The maximum atomic E-state index is 13.7. The Balaban J connectivity index is 1.38.